The van der Waals surface area contributed by atoms with E-state index in [1.807, 2.05) is 18.2 Å². The van der Waals surface area contributed by atoms with Crippen molar-refractivity contribution in [3.8, 4) is 5.75 Å². The van der Waals surface area contributed by atoms with Gasteiger partial charge in [0.25, 0.3) is 0 Å². The Bertz CT molecular complexity index is 799. The molecular weight excluding hydrogens is 270 g/mol. The largest absolute Gasteiger partial charge is 0.487 e. The van der Waals surface area contributed by atoms with Crippen LogP contribution in [0.15, 0.2) is 48.5 Å². The lowest BCUT2D eigenvalue weighted by atomic mass is 10.2. The van der Waals surface area contributed by atoms with Crippen LogP contribution in [0.3, 0.4) is 0 Å². The number of rotatable bonds is 4. The third-order valence-electron chi connectivity index (χ3n) is 4.06. The van der Waals surface area contributed by atoms with E-state index in [1.165, 1.54) is 27.7 Å². The lowest BCUT2D eigenvalue weighted by molar-refractivity contribution is 0.291. The van der Waals surface area contributed by atoms with Crippen LogP contribution in [0.1, 0.15) is 36.7 Å². The number of ether oxygens (including phenoxy) is 1. The summed E-state index contributed by atoms with van der Waals surface area (Å²) in [7, 11) is 0. The van der Waals surface area contributed by atoms with Crippen molar-refractivity contribution < 1.29 is 4.74 Å². The first-order valence-corrected chi connectivity index (χ1v) is 7.85. The van der Waals surface area contributed by atoms with Crippen LogP contribution in [0.4, 0.5) is 0 Å². The van der Waals surface area contributed by atoms with Crippen molar-refractivity contribution in [3.05, 3.63) is 65.4 Å². The molecule has 0 radical (unpaired) electrons. The van der Waals surface area contributed by atoms with Crippen LogP contribution in [-0.4, -0.2) is 4.57 Å². The molecule has 0 bridgehead atoms. The molecule has 22 heavy (non-hydrogen) atoms. The van der Waals surface area contributed by atoms with Gasteiger partial charge in [0.2, 0.25) is 0 Å². The summed E-state index contributed by atoms with van der Waals surface area (Å²) in [6, 6.07) is 17.5. The molecule has 0 aliphatic heterocycles. The monoisotopic (exact) mass is 293 g/mol. The first-order chi connectivity index (χ1) is 10.6. The van der Waals surface area contributed by atoms with E-state index >= 15 is 0 Å². The van der Waals surface area contributed by atoms with Crippen molar-refractivity contribution in [1.29, 1.82) is 0 Å². The van der Waals surface area contributed by atoms with Crippen molar-refractivity contribution >= 4 is 10.9 Å². The fourth-order valence-electron chi connectivity index (χ4n) is 3.00. The molecule has 3 aromatic rings. The van der Waals surface area contributed by atoms with E-state index in [1.54, 1.807) is 0 Å². The molecule has 0 spiro atoms. The average Bonchev–Trinajstić information content (AvgIpc) is 2.84. The van der Waals surface area contributed by atoms with Crippen LogP contribution in [0.2, 0.25) is 0 Å². The summed E-state index contributed by atoms with van der Waals surface area (Å²) in [5.74, 6) is 0.958. The fourth-order valence-corrected chi connectivity index (χ4v) is 3.00. The Labute approximate surface area is 132 Å². The first-order valence-electron chi connectivity index (χ1n) is 7.85. The van der Waals surface area contributed by atoms with Gasteiger partial charge in [0, 0.05) is 16.9 Å². The van der Waals surface area contributed by atoms with E-state index in [0.717, 1.165) is 5.75 Å². The lowest BCUT2D eigenvalue weighted by Crippen LogP contribution is -2.08. The smallest absolute Gasteiger partial charge is 0.128 e. The molecule has 0 N–H and O–H groups in total. The van der Waals surface area contributed by atoms with Gasteiger partial charge >= 0.3 is 0 Å². The molecule has 114 valence electrons. The quantitative estimate of drug-likeness (QED) is 0.626. The molecule has 2 heteroatoms. The standard InChI is InChI=1S/C20H23NO/c1-14(2)21-18(12-17-11-15(3)9-10-19(17)21)13-22-20-8-6-5-7-16(20)4/h5-12,14H,13H2,1-4H3. The number of hydrogen-bond donors (Lipinski definition) is 0. The molecule has 3 rings (SSSR count). The van der Waals surface area contributed by atoms with E-state index < -0.39 is 0 Å². The van der Waals surface area contributed by atoms with Gasteiger partial charge in [0.1, 0.15) is 12.4 Å². The number of hydrogen-bond acceptors (Lipinski definition) is 1. The van der Waals surface area contributed by atoms with Crippen molar-refractivity contribution in [2.45, 2.75) is 40.3 Å². The predicted molar refractivity (Wildman–Crippen MR) is 92.6 cm³/mol. The first kappa shape index (κ1) is 14.7. The van der Waals surface area contributed by atoms with Crippen LogP contribution in [0.25, 0.3) is 10.9 Å². The van der Waals surface area contributed by atoms with Crippen molar-refractivity contribution in [3.63, 3.8) is 0 Å². The van der Waals surface area contributed by atoms with E-state index in [2.05, 4.69) is 62.6 Å². The SMILES string of the molecule is Cc1ccc2c(c1)cc(COc1ccccc1C)n2C(C)C. The lowest BCUT2D eigenvalue weighted by Gasteiger charge is -2.16. The summed E-state index contributed by atoms with van der Waals surface area (Å²) >= 11 is 0. The van der Waals surface area contributed by atoms with Gasteiger partial charge in [-0.2, -0.15) is 0 Å². The Morgan fingerprint density at radius 2 is 1.77 bits per heavy atom. The van der Waals surface area contributed by atoms with Crippen molar-refractivity contribution in [2.24, 2.45) is 0 Å². The fraction of sp³-hybridized carbons (Fsp3) is 0.300. The molecule has 0 saturated carbocycles. The minimum absolute atomic E-state index is 0.413. The molecule has 0 amide bonds. The number of fused-ring (bicyclic) bond motifs is 1. The third-order valence-corrected chi connectivity index (χ3v) is 4.06. The highest BCUT2D eigenvalue weighted by Crippen LogP contribution is 2.26. The van der Waals surface area contributed by atoms with Gasteiger partial charge < -0.3 is 9.30 Å². The molecule has 0 fully saturated rings. The zero-order chi connectivity index (χ0) is 15.7. The Balaban J connectivity index is 1.96. The maximum Gasteiger partial charge on any atom is 0.128 e. The topological polar surface area (TPSA) is 14.2 Å². The zero-order valence-electron chi connectivity index (χ0n) is 13.8. The molecule has 0 aliphatic carbocycles. The molecule has 2 nitrogen and oxygen atoms in total. The normalized spacial score (nSPS) is 11.3. The highest BCUT2D eigenvalue weighted by molar-refractivity contribution is 5.82. The van der Waals surface area contributed by atoms with Crippen LogP contribution in [0, 0.1) is 13.8 Å². The van der Waals surface area contributed by atoms with E-state index in [-0.39, 0.29) is 0 Å². The second-order valence-corrected chi connectivity index (χ2v) is 6.22. The van der Waals surface area contributed by atoms with Gasteiger partial charge in [-0.25, -0.2) is 0 Å². The number of aromatic nitrogens is 1. The molecule has 0 unspecified atom stereocenters. The molecule has 1 heterocycles. The van der Waals surface area contributed by atoms with E-state index in [4.69, 9.17) is 4.74 Å². The number of nitrogens with zero attached hydrogens (tertiary/aromatic N) is 1. The summed E-state index contributed by atoms with van der Waals surface area (Å²) < 4.78 is 8.42. The minimum Gasteiger partial charge on any atom is -0.487 e. The Morgan fingerprint density at radius 1 is 1.00 bits per heavy atom. The Kier molecular flexibility index (Phi) is 3.93. The summed E-state index contributed by atoms with van der Waals surface area (Å²) in [5, 5.41) is 1.29. The van der Waals surface area contributed by atoms with Gasteiger partial charge in [-0.15, -0.1) is 0 Å². The van der Waals surface area contributed by atoms with Crippen LogP contribution >= 0.6 is 0 Å². The van der Waals surface area contributed by atoms with Gasteiger partial charge in [-0.05, 0) is 57.5 Å². The van der Waals surface area contributed by atoms with Crippen LogP contribution in [0.5, 0.6) is 5.75 Å². The maximum atomic E-state index is 6.05. The second kappa shape index (κ2) is 5.88. The van der Waals surface area contributed by atoms with Gasteiger partial charge in [-0.3, -0.25) is 0 Å². The predicted octanol–water partition coefficient (Wildman–Crippen LogP) is 5.42. The third kappa shape index (κ3) is 2.74. The van der Waals surface area contributed by atoms with Gasteiger partial charge in [-0.1, -0.05) is 29.8 Å². The summed E-state index contributed by atoms with van der Waals surface area (Å²) in [6.07, 6.45) is 0. The minimum atomic E-state index is 0.413. The number of benzene rings is 2. The highest BCUT2D eigenvalue weighted by Gasteiger charge is 2.12. The molecule has 0 aliphatic rings. The zero-order valence-corrected chi connectivity index (χ0v) is 13.8. The summed E-state index contributed by atoms with van der Waals surface area (Å²) in [5.41, 5.74) is 4.97. The number of para-hydroxylation sites is 1. The van der Waals surface area contributed by atoms with Crippen LogP contribution in [-0.2, 0) is 6.61 Å². The Hall–Kier alpha value is -2.22. The summed E-state index contributed by atoms with van der Waals surface area (Å²) in [4.78, 5) is 0. The highest BCUT2D eigenvalue weighted by atomic mass is 16.5. The van der Waals surface area contributed by atoms with E-state index in [9.17, 15) is 0 Å². The molecule has 2 aromatic carbocycles. The number of aryl methyl sites for hydroxylation is 2. The molecular formula is C20H23NO. The van der Waals surface area contributed by atoms with Crippen LogP contribution < -0.4 is 4.74 Å². The van der Waals surface area contributed by atoms with Gasteiger partial charge in [0.05, 0.1) is 5.69 Å². The van der Waals surface area contributed by atoms with Crippen molar-refractivity contribution in [1.82, 2.24) is 4.57 Å². The van der Waals surface area contributed by atoms with E-state index in [0.29, 0.717) is 12.6 Å². The maximum absolute atomic E-state index is 6.05. The second-order valence-electron chi connectivity index (χ2n) is 6.22. The molecule has 1 aromatic heterocycles. The average molecular weight is 293 g/mol. The van der Waals surface area contributed by atoms with Gasteiger partial charge in [0.15, 0.2) is 0 Å². The molecule has 0 saturated heterocycles. The molecule has 0 atom stereocenters. The summed E-state index contributed by atoms with van der Waals surface area (Å²) in [6.45, 7) is 9.25. The van der Waals surface area contributed by atoms with Crippen molar-refractivity contribution in [2.75, 3.05) is 0 Å². The Morgan fingerprint density at radius 3 is 2.50 bits per heavy atom.